The van der Waals surface area contributed by atoms with Gasteiger partial charge in [0.05, 0.1) is 0 Å². The lowest BCUT2D eigenvalue weighted by Gasteiger charge is -1.99. The number of benzene rings is 1. The van der Waals surface area contributed by atoms with Crippen LogP contribution in [0.2, 0.25) is 0 Å². The maximum absolute atomic E-state index is 4.32. The molecule has 0 aliphatic heterocycles. The van der Waals surface area contributed by atoms with Crippen molar-refractivity contribution in [1.82, 2.24) is 19.3 Å². The molecule has 0 amide bonds. The van der Waals surface area contributed by atoms with Crippen LogP contribution in [0.3, 0.4) is 0 Å². The molecule has 0 spiro atoms. The minimum atomic E-state index is 0.776. The third-order valence-electron chi connectivity index (χ3n) is 3.05. The molecule has 0 aliphatic rings. The first-order valence-corrected chi connectivity index (χ1v) is 5.57. The van der Waals surface area contributed by atoms with Gasteiger partial charge in [-0.2, -0.15) is 5.10 Å². The van der Waals surface area contributed by atoms with E-state index in [0.29, 0.717) is 0 Å². The number of aryl methyl sites for hydroxylation is 3. The Labute approximate surface area is 99.5 Å². The molecule has 3 rings (SSSR count). The summed E-state index contributed by atoms with van der Waals surface area (Å²) < 4.78 is 3.86. The Morgan fingerprint density at radius 2 is 2.00 bits per heavy atom. The van der Waals surface area contributed by atoms with Gasteiger partial charge in [-0.1, -0.05) is 0 Å². The lowest BCUT2D eigenvalue weighted by molar-refractivity contribution is 0.768. The number of nitrogens with zero attached hydrogens (tertiary/aromatic N) is 4. The molecule has 0 fully saturated rings. The number of hydrogen-bond acceptors (Lipinski definition) is 2. The molecule has 0 aliphatic carbocycles. The molecule has 4 heteroatoms. The van der Waals surface area contributed by atoms with Crippen LogP contribution in [0.25, 0.3) is 22.3 Å². The van der Waals surface area contributed by atoms with Gasteiger partial charge in [-0.25, -0.2) is 4.98 Å². The van der Waals surface area contributed by atoms with Gasteiger partial charge < -0.3 is 4.57 Å². The summed E-state index contributed by atoms with van der Waals surface area (Å²) in [4.78, 5) is 4.27. The zero-order valence-corrected chi connectivity index (χ0v) is 10.2. The molecule has 0 unspecified atom stereocenters. The third kappa shape index (κ3) is 1.53. The zero-order chi connectivity index (χ0) is 12.0. The highest BCUT2D eigenvalue weighted by atomic mass is 15.3. The summed E-state index contributed by atoms with van der Waals surface area (Å²) in [6.45, 7) is 2.12. The van der Waals surface area contributed by atoms with Crippen molar-refractivity contribution >= 4 is 10.9 Å². The Kier molecular flexibility index (Phi) is 2.04. The summed E-state index contributed by atoms with van der Waals surface area (Å²) in [7, 11) is 3.94. The van der Waals surface area contributed by atoms with Crippen molar-refractivity contribution in [3.63, 3.8) is 0 Å². The van der Waals surface area contributed by atoms with Gasteiger partial charge in [0, 0.05) is 36.8 Å². The summed E-state index contributed by atoms with van der Waals surface area (Å²) in [5, 5.41) is 5.58. The highest BCUT2D eigenvalue weighted by Crippen LogP contribution is 2.25. The second kappa shape index (κ2) is 3.45. The zero-order valence-electron chi connectivity index (χ0n) is 10.2. The van der Waals surface area contributed by atoms with Gasteiger partial charge in [-0.3, -0.25) is 4.68 Å². The first kappa shape index (κ1) is 10.1. The predicted octanol–water partition coefficient (Wildman–Crippen LogP) is 2.28. The number of hydrogen-bond donors (Lipinski definition) is 0. The molecule has 2 aromatic heterocycles. The van der Waals surface area contributed by atoms with Gasteiger partial charge in [0.1, 0.15) is 6.33 Å². The Bertz CT molecular complexity index is 691. The maximum atomic E-state index is 4.32. The first-order valence-electron chi connectivity index (χ1n) is 5.57. The van der Waals surface area contributed by atoms with Gasteiger partial charge in [0.15, 0.2) is 5.82 Å². The van der Waals surface area contributed by atoms with E-state index in [0.717, 1.165) is 11.4 Å². The van der Waals surface area contributed by atoms with E-state index in [1.807, 2.05) is 7.05 Å². The third-order valence-corrected chi connectivity index (χ3v) is 3.05. The Morgan fingerprint density at radius 3 is 2.71 bits per heavy atom. The van der Waals surface area contributed by atoms with Crippen LogP contribution in [0.1, 0.15) is 5.56 Å². The van der Waals surface area contributed by atoms with E-state index in [9.17, 15) is 0 Å². The Hall–Kier alpha value is -2.10. The van der Waals surface area contributed by atoms with Crippen molar-refractivity contribution in [2.24, 2.45) is 14.1 Å². The number of rotatable bonds is 1. The second-order valence-corrected chi connectivity index (χ2v) is 4.40. The van der Waals surface area contributed by atoms with Crippen molar-refractivity contribution in [2.75, 3.05) is 0 Å². The molecule has 0 saturated heterocycles. The van der Waals surface area contributed by atoms with Crippen molar-refractivity contribution < 1.29 is 0 Å². The minimum Gasteiger partial charge on any atom is -0.350 e. The monoisotopic (exact) mass is 226 g/mol. The maximum Gasteiger partial charge on any atom is 0.181 e. The van der Waals surface area contributed by atoms with Crippen molar-refractivity contribution in [3.8, 4) is 11.4 Å². The molecular weight excluding hydrogens is 212 g/mol. The van der Waals surface area contributed by atoms with E-state index >= 15 is 0 Å². The molecule has 86 valence electrons. The van der Waals surface area contributed by atoms with Crippen molar-refractivity contribution in [3.05, 3.63) is 36.3 Å². The standard InChI is InChI=1S/C13H14N4/c1-9-7-16(2)12-5-4-10(6-11(9)12)13-14-8-17(3)15-13/h4-8H,1-3H3. The van der Waals surface area contributed by atoms with Gasteiger partial charge in [-0.15, -0.1) is 0 Å². The molecule has 3 aromatic rings. The van der Waals surface area contributed by atoms with Gasteiger partial charge in [0.25, 0.3) is 0 Å². The van der Waals surface area contributed by atoms with Crippen LogP contribution >= 0.6 is 0 Å². The highest BCUT2D eigenvalue weighted by molar-refractivity contribution is 5.87. The molecule has 0 N–H and O–H groups in total. The van der Waals surface area contributed by atoms with Crippen LogP contribution in [-0.4, -0.2) is 19.3 Å². The van der Waals surface area contributed by atoms with E-state index in [1.54, 1.807) is 11.0 Å². The van der Waals surface area contributed by atoms with E-state index in [2.05, 4.69) is 53.0 Å². The average molecular weight is 226 g/mol. The Balaban J connectivity index is 2.22. The fraction of sp³-hybridized carbons (Fsp3) is 0.231. The largest absolute Gasteiger partial charge is 0.350 e. The molecule has 17 heavy (non-hydrogen) atoms. The highest BCUT2D eigenvalue weighted by Gasteiger charge is 2.07. The van der Waals surface area contributed by atoms with E-state index < -0.39 is 0 Å². The molecule has 1 aromatic carbocycles. The molecule has 0 bridgehead atoms. The summed E-state index contributed by atoms with van der Waals surface area (Å²) in [6, 6.07) is 6.34. The summed E-state index contributed by atoms with van der Waals surface area (Å²) >= 11 is 0. The van der Waals surface area contributed by atoms with Crippen LogP contribution in [0.5, 0.6) is 0 Å². The van der Waals surface area contributed by atoms with Crippen LogP contribution < -0.4 is 0 Å². The molecule has 0 atom stereocenters. The van der Waals surface area contributed by atoms with Gasteiger partial charge >= 0.3 is 0 Å². The SMILES string of the molecule is Cc1cn(C)c2ccc(-c3ncn(C)n3)cc12. The second-order valence-electron chi connectivity index (χ2n) is 4.40. The van der Waals surface area contributed by atoms with Crippen molar-refractivity contribution in [1.29, 1.82) is 0 Å². The summed E-state index contributed by atoms with van der Waals surface area (Å²) in [6.07, 6.45) is 3.86. The lowest BCUT2D eigenvalue weighted by atomic mass is 10.1. The molecule has 2 heterocycles. The molecule has 0 saturated carbocycles. The summed E-state index contributed by atoms with van der Waals surface area (Å²) in [5.74, 6) is 0.776. The normalized spacial score (nSPS) is 11.2. The fourth-order valence-corrected chi connectivity index (χ4v) is 2.20. The fourth-order valence-electron chi connectivity index (χ4n) is 2.20. The molecular formula is C13H14N4. The quantitative estimate of drug-likeness (QED) is 0.638. The minimum absolute atomic E-state index is 0.776. The predicted molar refractivity (Wildman–Crippen MR) is 67.7 cm³/mol. The lowest BCUT2D eigenvalue weighted by Crippen LogP contribution is -1.88. The topological polar surface area (TPSA) is 35.6 Å². The van der Waals surface area contributed by atoms with Crippen LogP contribution in [0.4, 0.5) is 0 Å². The smallest absolute Gasteiger partial charge is 0.181 e. The van der Waals surface area contributed by atoms with Crippen molar-refractivity contribution in [2.45, 2.75) is 6.92 Å². The van der Waals surface area contributed by atoms with Crippen LogP contribution in [-0.2, 0) is 14.1 Å². The van der Waals surface area contributed by atoms with E-state index in [4.69, 9.17) is 0 Å². The van der Waals surface area contributed by atoms with E-state index in [-0.39, 0.29) is 0 Å². The summed E-state index contributed by atoms with van der Waals surface area (Å²) in [5.41, 5.74) is 3.58. The Morgan fingerprint density at radius 1 is 1.18 bits per heavy atom. The molecule has 0 radical (unpaired) electrons. The molecule has 4 nitrogen and oxygen atoms in total. The van der Waals surface area contributed by atoms with Gasteiger partial charge in [-0.05, 0) is 30.7 Å². The number of fused-ring (bicyclic) bond motifs is 1. The van der Waals surface area contributed by atoms with Gasteiger partial charge in [0.2, 0.25) is 0 Å². The number of aromatic nitrogens is 4. The first-order chi connectivity index (χ1) is 8.15. The van der Waals surface area contributed by atoms with E-state index in [1.165, 1.54) is 16.5 Å². The van der Waals surface area contributed by atoms with Crippen LogP contribution in [0, 0.1) is 6.92 Å². The van der Waals surface area contributed by atoms with Crippen LogP contribution in [0.15, 0.2) is 30.7 Å². The average Bonchev–Trinajstić information content (AvgIpc) is 2.85.